The third-order valence-electron chi connectivity index (χ3n) is 3.48. The largest absolute Gasteiger partial charge is 0.508 e. The zero-order chi connectivity index (χ0) is 19.6. The highest BCUT2D eigenvalue weighted by molar-refractivity contribution is 8.26. The minimum absolute atomic E-state index is 0.0907. The number of carbonyl (C=O) groups excluding carboxylic acids is 1. The van der Waals surface area contributed by atoms with Gasteiger partial charge in [-0.15, -0.1) is 0 Å². The number of hydrogen-bond donors (Lipinski definition) is 2. The Morgan fingerprint density at radius 3 is 2.70 bits per heavy atom. The highest BCUT2D eigenvalue weighted by Crippen LogP contribution is 2.35. The average molecular weight is 401 g/mol. The van der Waals surface area contributed by atoms with E-state index in [1.807, 2.05) is 0 Å². The van der Waals surface area contributed by atoms with Crippen molar-refractivity contribution in [3.63, 3.8) is 0 Å². The van der Waals surface area contributed by atoms with E-state index in [0.717, 1.165) is 22.8 Å². The van der Waals surface area contributed by atoms with Crippen molar-refractivity contribution in [2.24, 2.45) is 5.10 Å². The molecule has 2 N–H and O–H groups in total. The molecule has 2 aromatic carbocycles. The van der Waals surface area contributed by atoms with Gasteiger partial charge in [-0.1, -0.05) is 23.9 Å². The molecule has 0 aromatic heterocycles. The summed E-state index contributed by atoms with van der Waals surface area (Å²) in [4.78, 5) is 23.0. The molecule has 1 fully saturated rings. The zero-order valence-corrected chi connectivity index (χ0v) is 15.1. The monoisotopic (exact) mass is 401 g/mol. The van der Waals surface area contributed by atoms with Crippen LogP contribution >= 0.6 is 24.0 Å². The third kappa shape index (κ3) is 4.13. The lowest BCUT2D eigenvalue weighted by Crippen LogP contribution is -2.22. The molecule has 3 rings (SSSR count). The first kappa shape index (κ1) is 18.5. The van der Waals surface area contributed by atoms with E-state index < -0.39 is 10.8 Å². The molecule has 136 valence electrons. The lowest BCUT2D eigenvalue weighted by molar-refractivity contribution is -0.384. The van der Waals surface area contributed by atoms with Crippen LogP contribution in [0.5, 0.6) is 11.5 Å². The van der Waals surface area contributed by atoms with Crippen LogP contribution < -0.4 is 0 Å². The molecule has 10 heteroatoms. The molecule has 0 aliphatic carbocycles. The maximum absolute atomic E-state index is 12.5. The third-order valence-corrected chi connectivity index (χ3v) is 4.76. The average Bonchev–Trinajstić information content (AvgIpc) is 2.89. The lowest BCUT2D eigenvalue weighted by Gasteiger charge is -2.06. The topological polar surface area (TPSA) is 116 Å². The molecule has 0 saturated carbocycles. The van der Waals surface area contributed by atoms with E-state index in [9.17, 15) is 25.1 Å². The zero-order valence-electron chi connectivity index (χ0n) is 13.5. The van der Waals surface area contributed by atoms with Crippen LogP contribution in [0.25, 0.3) is 6.08 Å². The van der Waals surface area contributed by atoms with Crippen LogP contribution in [-0.4, -0.2) is 36.6 Å². The Hall–Kier alpha value is -3.24. The Bertz CT molecular complexity index is 1020. The second kappa shape index (κ2) is 7.56. The molecule has 0 unspecified atom stereocenters. The number of rotatable bonds is 4. The number of hydrazone groups is 1. The Kier molecular flexibility index (Phi) is 5.19. The fourth-order valence-corrected chi connectivity index (χ4v) is 3.36. The van der Waals surface area contributed by atoms with Crippen LogP contribution in [0.3, 0.4) is 0 Å². The molecule has 2 aromatic rings. The standard InChI is InChI=1S/C17H11N3O5S2/c21-13-5-4-11(14(22)8-13)7-15-16(23)19(17(26)27-15)18-9-10-2-1-3-12(6-10)20(24)25/h1-9,21-22H/b15-7+,18-9+. The highest BCUT2D eigenvalue weighted by Gasteiger charge is 2.32. The van der Waals surface area contributed by atoms with Gasteiger partial charge in [0.1, 0.15) is 11.5 Å². The summed E-state index contributed by atoms with van der Waals surface area (Å²) >= 11 is 6.16. The minimum Gasteiger partial charge on any atom is -0.508 e. The van der Waals surface area contributed by atoms with Gasteiger partial charge in [-0.3, -0.25) is 14.9 Å². The lowest BCUT2D eigenvalue weighted by atomic mass is 10.1. The van der Waals surface area contributed by atoms with Gasteiger partial charge in [0.05, 0.1) is 16.0 Å². The Labute approximate surface area is 162 Å². The molecule has 0 radical (unpaired) electrons. The van der Waals surface area contributed by atoms with Gasteiger partial charge >= 0.3 is 0 Å². The van der Waals surface area contributed by atoms with Crippen molar-refractivity contribution >= 4 is 52.2 Å². The van der Waals surface area contributed by atoms with Gasteiger partial charge in [-0.05, 0) is 30.4 Å². The van der Waals surface area contributed by atoms with Gasteiger partial charge in [0.15, 0.2) is 4.32 Å². The number of nitro groups is 1. The smallest absolute Gasteiger partial charge is 0.286 e. The fraction of sp³-hybridized carbons (Fsp3) is 0. The summed E-state index contributed by atoms with van der Waals surface area (Å²) in [6.07, 6.45) is 2.75. The first-order valence-corrected chi connectivity index (χ1v) is 8.66. The number of carbonyl (C=O) groups is 1. The van der Waals surface area contributed by atoms with Crippen LogP contribution in [0.4, 0.5) is 5.69 Å². The van der Waals surface area contributed by atoms with Gasteiger partial charge < -0.3 is 10.2 Å². The van der Waals surface area contributed by atoms with Gasteiger partial charge in [-0.25, -0.2) is 0 Å². The summed E-state index contributed by atoms with van der Waals surface area (Å²) in [7, 11) is 0. The molecule has 1 amide bonds. The number of phenols is 2. The van der Waals surface area contributed by atoms with Crippen molar-refractivity contribution in [3.05, 3.63) is 68.6 Å². The van der Waals surface area contributed by atoms with Crippen LogP contribution in [-0.2, 0) is 4.79 Å². The number of benzene rings is 2. The molecular weight excluding hydrogens is 390 g/mol. The number of non-ortho nitro benzene ring substituents is 1. The molecule has 1 saturated heterocycles. The molecule has 1 aliphatic heterocycles. The van der Waals surface area contributed by atoms with E-state index in [2.05, 4.69) is 5.10 Å². The van der Waals surface area contributed by atoms with E-state index >= 15 is 0 Å². The highest BCUT2D eigenvalue weighted by atomic mass is 32.2. The number of thioether (sulfide) groups is 1. The molecule has 1 aliphatic rings. The Morgan fingerprint density at radius 2 is 2.00 bits per heavy atom. The van der Waals surface area contributed by atoms with Crippen molar-refractivity contribution in [1.82, 2.24) is 5.01 Å². The number of nitro benzene ring substituents is 1. The van der Waals surface area contributed by atoms with Crippen LogP contribution in [0, 0.1) is 10.1 Å². The van der Waals surface area contributed by atoms with E-state index in [1.54, 1.807) is 6.07 Å². The van der Waals surface area contributed by atoms with E-state index in [-0.39, 0.29) is 26.4 Å². The Balaban J connectivity index is 1.83. The summed E-state index contributed by atoms with van der Waals surface area (Å²) in [5.41, 5.74) is 0.696. The fourth-order valence-electron chi connectivity index (χ4n) is 2.20. The molecule has 8 nitrogen and oxygen atoms in total. The minimum atomic E-state index is -0.524. The van der Waals surface area contributed by atoms with E-state index in [0.29, 0.717) is 11.1 Å². The van der Waals surface area contributed by atoms with Crippen molar-refractivity contribution in [2.45, 2.75) is 0 Å². The second-order valence-corrected chi connectivity index (χ2v) is 7.01. The molecule has 0 bridgehead atoms. The molecule has 0 atom stereocenters. The number of nitrogens with zero attached hydrogens (tertiary/aromatic N) is 3. The number of aromatic hydroxyl groups is 2. The van der Waals surface area contributed by atoms with Crippen molar-refractivity contribution < 1.29 is 19.9 Å². The maximum Gasteiger partial charge on any atom is 0.286 e. The Morgan fingerprint density at radius 1 is 1.22 bits per heavy atom. The van der Waals surface area contributed by atoms with Gasteiger partial charge in [0, 0.05) is 29.3 Å². The second-order valence-electron chi connectivity index (χ2n) is 5.33. The first-order valence-electron chi connectivity index (χ1n) is 7.43. The summed E-state index contributed by atoms with van der Waals surface area (Å²) in [6.45, 7) is 0. The number of phenolic OH excluding ortho intramolecular Hbond substituents is 2. The normalized spacial score (nSPS) is 15.9. The van der Waals surface area contributed by atoms with Crippen molar-refractivity contribution in [3.8, 4) is 11.5 Å². The number of thiocarbonyl (C=S) groups is 1. The maximum atomic E-state index is 12.5. The first-order chi connectivity index (χ1) is 12.8. The van der Waals surface area contributed by atoms with E-state index in [4.69, 9.17) is 12.2 Å². The van der Waals surface area contributed by atoms with Gasteiger partial charge in [0.2, 0.25) is 0 Å². The van der Waals surface area contributed by atoms with Crippen molar-refractivity contribution in [1.29, 1.82) is 0 Å². The molecule has 1 heterocycles. The van der Waals surface area contributed by atoms with Gasteiger partial charge in [-0.2, -0.15) is 10.1 Å². The summed E-state index contributed by atoms with van der Waals surface area (Å²) in [5, 5.41) is 35.0. The molecular formula is C17H11N3O5S2. The predicted molar refractivity (Wildman–Crippen MR) is 105 cm³/mol. The van der Waals surface area contributed by atoms with Crippen molar-refractivity contribution in [2.75, 3.05) is 0 Å². The SMILES string of the molecule is O=C1/C(=C\c2ccc(O)cc2O)SC(=S)N1/N=C/c1cccc([N+](=O)[O-])c1. The molecule has 0 spiro atoms. The van der Waals surface area contributed by atoms with Crippen LogP contribution in [0.1, 0.15) is 11.1 Å². The van der Waals surface area contributed by atoms with Gasteiger partial charge in [0.25, 0.3) is 11.6 Å². The summed E-state index contributed by atoms with van der Waals surface area (Å²) in [5.74, 6) is -0.765. The van der Waals surface area contributed by atoms with E-state index in [1.165, 1.54) is 42.6 Å². The predicted octanol–water partition coefficient (Wildman–Crippen LogP) is 3.24. The van der Waals surface area contributed by atoms with Crippen LogP contribution in [0.15, 0.2) is 52.5 Å². The number of amides is 1. The quantitative estimate of drug-likeness (QED) is 0.266. The van der Waals surface area contributed by atoms with Crippen LogP contribution in [0.2, 0.25) is 0 Å². The number of hydrogen-bond acceptors (Lipinski definition) is 8. The summed E-state index contributed by atoms with van der Waals surface area (Å²) in [6, 6.07) is 9.80. The summed E-state index contributed by atoms with van der Waals surface area (Å²) < 4.78 is 0.186. The molecule has 27 heavy (non-hydrogen) atoms.